The smallest absolute Gasteiger partial charge is 0.180 e. The Kier molecular flexibility index (Phi) is 12.0. The van der Waals surface area contributed by atoms with Crippen LogP contribution < -0.4 is 5.73 Å². The van der Waals surface area contributed by atoms with Crippen LogP contribution in [0.25, 0.3) is 0 Å². The van der Waals surface area contributed by atoms with Gasteiger partial charge in [0, 0.05) is 0 Å². The van der Waals surface area contributed by atoms with Crippen LogP contribution in [0.5, 0.6) is 0 Å². The van der Waals surface area contributed by atoms with Gasteiger partial charge in [0.2, 0.25) is 0 Å². The summed E-state index contributed by atoms with van der Waals surface area (Å²) in [5.41, 5.74) is 5.43. The van der Waals surface area contributed by atoms with Crippen molar-refractivity contribution in [1.82, 2.24) is 0 Å². The zero-order valence-electron chi connectivity index (χ0n) is 9.78. The molecule has 0 unspecified atom stereocenters. The first-order valence-corrected chi connectivity index (χ1v) is 5.95. The van der Waals surface area contributed by atoms with Gasteiger partial charge in [-0.3, -0.25) is 0 Å². The number of oxime groups is 1. The summed E-state index contributed by atoms with van der Waals surface area (Å²) in [4.78, 5) is 0.583. The number of rotatable bonds is 5. The second-order valence-electron chi connectivity index (χ2n) is 2.02. The van der Waals surface area contributed by atoms with Crippen molar-refractivity contribution in [2.24, 2.45) is 10.9 Å². The molecule has 88 valence electrons. The summed E-state index contributed by atoms with van der Waals surface area (Å²) in [6, 6.07) is 0. The molecule has 0 rings (SSSR count). The number of ether oxygens (including phenoxy) is 1. The van der Waals surface area contributed by atoms with E-state index in [4.69, 9.17) is 15.7 Å². The predicted molar refractivity (Wildman–Crippen MR) is 67.1 cm³/mol. The van der Waals surface area contributed by atoms with Gasteiger partial charge in [-0.2, -0.15) is 0 Å². The molecule has 0 radical (unpaired) electrons. The Morgan fingerprint density at radius 3 is 2.40 bits per heavy atom. The first-order chi connectivity index (χ1) is 7.21. The van der Waals surface area contributed by atoms with Crippen LogP contribution in [0.4, 0.5) is 0 Å². The lowest BCUT2D eigenvalue weighted by molar-refractivity contribution is 0.242. The Hall–Kier alpha value is -1.10. The summed E-state index contributed by atoms with van der Waals surface area (Å²) in [6.07, 6.45) is 3.35. The lowest BCUT2D eigenvalue weighted by atomic mass is 10.4. The van der Waals surface area contributed by atoms with Gasteiger partial charge in [0.05, 0.1) is 11.5 Å². The maximum Gasteiger partial charge on any atom is 0.180 e. The molecule has 0 aromatic rings. The van der Waals surface area contributed by atoms with Gasteiger partial charge in [-0.15, -0.1) is 11.8 Å². The minimum absolute atomic E-state index is 0.0378. The van der Waals surface area contributed by atoms with E-state index < -0.39 is 0 Å². The SMILES string of the molecule is C=C/C(OCC)=C(SC)/C(N)=N/O.CC. The van der Waals surface area contributed by atoms with Crippen LogP contribution in [0.2, 0.25) is 0 Å². The van der Waals surface area contributed by atoms with Crippen LogP contribution in [-0.2, 0) is 4.74 Å². The number of nitrogens with zero attached hydrogens (tertiary/aromatic N) is 1. The van der Waals surface area contributed by atoms with Crippen molar-refractivity contribution in [2.75, 3.05) is 12.9 Å². The summed E-state index contributed by atoms with van der Waals surface area (Å²) < 4.78 is 5.24. The molecule has 3 N–H and O–H groups in total. The molecular weight excluding hydrogens is 212 g/mol. The fourth-order valence-electron chi connectivity index (χ4n) is 0.749. The molecule has 0 aliphatic rings. The van der Waals surface area contributed by atoms with Crippen LogP contribution in [0.15, 0.2) is 28.5 Å². The van der Waals surface area contributed by atoms with Crippen molar-refractivity contribution in [2.45, 2.75) is 20.8 Å². The van der Waals surface area contributed by atoms with Gasteiger partial charge in [-0.05, 0) is 19.3 Å². The Morgan fingerprint density at radius 1 is 1.60 bits per heavy atom. The van der Waals surface area contributed by atoms with E-state index in [1.54, 1.807) is 0 Å². The second-order valence-corrected chi connectivity index (χ2v) is 2.84. The highest BCUT2D eigenvalue weighted by atomic mass is 32.2. The molecule has 0 aromatic carbocycles. The van der Waals surface area contributed by atoms with E-state index in [1.165, 1.54) is 17.8 Å². The van der Waals surface area contributed by atoms with Gasteiger partial charge in [0.15, 0.2) is 5.84 Å². The summed E-state index contributed by atoms with van der Waals surface area (Å²) in [7, 11) is 0. The topological polar surface area (TPSA) is 67.8 Å². The average Bonchev–Trinajstić information content (AvgIpc) is 2.31. The normalized spacial score (nSPS) is 12.1. The molecule has 15 heavy (non-hydrogen) atoms. The van der Waals surface area contributed by atoms with E-state index in [2.05, 4.69) is 11.7 Å². The summed E-state index contributed by atoms with van der Waals surface area (Å²) >= 11 is 1.34. The number of allylic oxidation sites excluding steroid dienone is 1. The Balaban J connectivity index is 0. The lowest BCUT2D eigenvalue weighted by Gasteiger charge is -2.08. The molecule has 0 aliphatic heterocycles. The predicted octanol–water partition coefficient (Wildman–Crippen LogP) is 2.56. The fraction of sp³-hybridized carbons (Fsp3) is 0.500. The van der Waals surface area contributed by atoms with Crippen LogP contribution in [0, 0.1) is 0 Å². The van der Waals surface area contributed by atoms with E-state index in [9.17, 15) is 0 Å². The molecule has 5 heteroatoms. The minimum atomic E-state index is 0.0378. The third-order valence-electron chi connectivity index (χ3n) is 1.25. The Morgan fingerprint density at radius 2 is 2.13 bits per heavy atom. The number of hydrogen-bond acceptors (Lipinski definition) is 4. The minimum Gasteiger partial charge on any atom is -0.493 e. The zero-order chi connectivity index (χ0) is 12.3. The molecule has 0 fully saturated rings. The molecule has 0 saturated heterocycles. The zero-order valence-corrected chi connectivity index (χ0v) is 10.6. The van der Waals surface area contributed by atoms with Gasteiger partial charge in [-0.1, -0.05) is 25.6 Å². The maximum atomic E-state index is 8.47. The first kappa shape index (κ1) is 16.3. The standard InChI is InChI=1S/C8H14N2O2S.C2H6/c1-4-6(12-5-2)7(13-3)8(9)10-11;1-2/h4,11H,1,5H2,2-3H3,(H2,9,10);1-2H3/b7-6+;. The molecule has 0 amide bonds. The molecule has 0 spiro atoms. The van der Waals surface area contributed by atoms with Crippen molar-refractivity contribution >= 4 is 17.6 Å². The molecule has 0 aliphatic carbocycles. The number of amidine groups is 1. The molecule has 0 atom stereocenters. The van der Waals surface area contributed by atoms with Gasteiger partial charge < -0.3 is 15.7 Å². The molecule has 4 nitrogen and oxygen atoms in total. The monoisotopic (exact) mass is 232 g/mol. The van der Waals surface area contributed by atoms with Gasteiger partial charge >= 0.3 is 0 Å². The summed E-state index contributed by atoms with van der Waals surface area (Å²) in [5.74, 6) is 0.571. The molecule has 0 bridgehead atoms. The number of thioether (sulfide) groups is 1. The summed E-state index contributed by atoms with van der Waals surface area (Å²) in [5, 5.41) is 11.4. The van der Waals surface area contributed by atoms with E-state index in [-0.39, 0.29) is 5.84 Å². The Labute approximate surface area is 95.9 Å². The van der Waals surface area contributed by atoms with E-state index >= 15 is 0 Å². The molecule has 0 heterocycles. The number of nitrogens with two attached hydrogens (primary N) is 1. The second kappa shape index (κ2) is 11.0. The molecule has 0 aromatic heterocycles. The molecule has 0 saturated carbocycles. The summed E-state index contributed by atoms with van der Waals surface area (Å²) in [6.45, 7) is 9.95. The van der Waals surface area contributed by atoms with Crippen molar-refractivity contribution in [3.63, 3.8) is 0 Å². The largest absolute Gasteiger partial charge is 0.493 e. The van der Waals surface area contributed by atoms with E-state index in [1.807, 2.05) is 27.0 Å². The fourth-order valence-corrected chi connectivity index (χ4v) is 1.34. The van der Waals surface area contributed by atoms with Crippen LogP contribution >= 0.6 is 11.8 Å². The lowest BCUT2D eigenvalue weighted by Crippen LogP contribution is -2.15. The van der Waals surface area contributed by atoms with Crippen LogP contribution in [-0.4, -0.2) is 23.9 Å². The number of hydrogen-bond donors (Lipinski definition) is 2. The van der Waals surface area contributed by atoms with Gasteiger partial charge in [0.25, 0.3) is 0 Å². The highest BCUT2D eigenvalue weighted by Crippen LogP contribution is 2.18. The van der Waals surface area contributed by atoms with Crippen molar-refractivity contribution in [3.05, 3.63) is 23.3 Å². The Bertz CT molecular complexity index is 238. The van der Waals surface area contributed by atoms with Crippen molar-refractivity contribution in [1.29, 1.82) is 0 Å². The van der Waals surface area contributed by atoms with Crippen LogP contribution in [0.1, 0.15) is 20.8 Å². The van der Waals surface area contributed by atoms with Crippen LogP contribution in [0.3, 0.4) is 0 Å². The van der Waals surface area contributed by atoms with Gasteiger partial charge in [-0.25, -0.2) is 0 Å². The van der Waals surface area contributed by atoms with Crippen molar-refractivity contribution in [3.8, 4) is 0 Å². The first-order valence-electron chi connectivity index (χ1n) is 4.72. The third-order valence-corrected chi connectivity index (χ3v) is 2.07. The quantitative estimate of drug-likeness (QED) is 0.191. The van der Waals surface area contributed by atoms with E-state index in [0.717, 1.165) is 0 Å². The highest BCUT2D eigenvalue weighted by Gasteiger charge is 2.08. The molecular formula is C10H20N2O2S. The average molecular weight is 232 g/mol. The third kappa shape index (κ3) is 6.06. The highest BCUT2D eigenvalue weighted by molar-refractivity contribution is 8.03. The maximum absolute atomic E-state index is 8.47. The van der Waals surface area contributed by atoms with E-state index in [0.29, 0.717) is 17.3 Å². The van der Waals surface area contributed by atoms with Gasteiger partial charge in [0.1, 0.15) is 5.76 Å². The van der Waals surface area contributed by atoms with Crippen molar-refractivity contribution < 1.29 is 9.94 Å².